The lowest BCUT2D eigenvalue weighted by Gasteiger charge is -2.42. The van der Waals surface area contributed by atoms with Gasteiger partial charge in [0, 0.05) is 30.0 Å². The Hall–Kier alpha value is -1.76. The molecular formula is C18H23BrN4O2. The molecule has 134 valence electrons. The van der Waals surface area contributed by atoms with Gasteiger partial charge in [-0.05, 0) is 61.7 Å². The Bertz CT molecular complexity index is 799. The third kappa shape index (κ3) is 3.10. The topological polar surface area (TPSA) is 50.1 Å². The normalized spacial score (nSPS) is 23.4. The lowest BCUT2D eigenvalue weighted by molar-refractivity contribution is 0.0123. The molecule has 2 atom stereocenters. The van der Waals surface area contributed by atoms with Crippen LogP contribution in [0.3, 0.4) is 0 Å². The van der Waals surface area contributed by atoms with Crippen molar-refractivity contribution in [3.8, 4) is 0 Å². The number of piperazine rings is 1. The Morgan fingerprint density at radius 2 is 1.96 bits per heavy atom. The first kappa shape index (κ1) is 16.7. The molecule has 2 aliphatic heterocycles. The minimum absolute atomic E-state index is 0.176. The molecule has 0 aromatic carbocycles. The Morgan fingerprint density at radius 3 is 2.60 bits per heavy atom. The standard InChI is InChI=1S/C18H23BrN4O2/c1-18(2,3)25-17(24)23-13-4-5-14(23)11-21(10-13)15-6-7-20-22-9-12(19)8-16(15)22/h6-9,13-14H,4-5,10-11H2,1-3H3/t13-,14?/m1/s1. The molecule has 0 N–H and O–H groups in total. The van der Waals surface area contributed by atoms with E-state index >= 15 is 0 Å². The predicted molar refractivity (Wildman–Crippen MR) is 100.0 cm³/mol. The van der Waals surface area contributed by atoms with Crippen LogP contribution in [0.4, 0.5) is 10.5 Å². The van der Waals surface area contributed by atoms with Gasteiger partial charge in [0.15, 0.2) is 0 Å². The fourth-order valence-electron chi connectivity index (χ4n) is 3.95. The van der Waals surface area contributed by atoms with Crippen LogP contribution in [0.25, 0.3) is 5.52 Å². The summed E-state index contributed by atoms with van der Waals surface area (Å²) in [5, 5.41) is 4.37. The van der Waals surface area contributed by atoms with Gasteiger partial charge in [0.1, 0.15) is 5.60 Å². The van der Waals surface area contributed by atoms with E-state index in [0.29, 0.717) is 0 Å². The Morgan fingerprint density at radius 1 is 1.28 bits per heavy atom. The van der Waals surface area contributed by atoms with Gasteiger partial charge < -0.3 is 9.64 Å². The molecule has 25 heavy (non-hydrogen) atoms. The van der Waals surface area contributed by atoms with Crippen molar-refractivity contribution in [2.75, 3.05) is 18.0 Å². The van der Waals surface area contributed by atoms with Crippen molar-refractivity contribution < 1.29 is 9.53 Å². The van der Waals surface area contributed by atoms with Crippen LogP contribution in [0.1, 0.15) is 33.6 Å². The van der Waals surface area contributed by atoms with Crippen LogP contribution in [-0.4, -0.2) is 51.4 Å². The van der Waals surface area contributed by atoms with Crippen LogP contribution in [0.5, 0.6) is 0 Å². The molecule has 2 aromatic heterocycles. The molecule has 2 fully saturated rings. The van der Waals surface area contributed by atoms with E-state index in [-0.39, 0.29) is 18.2 Å². The van der Waals surface area contributed by atoms with Gasteiger partial charge in [0.2, 0.25) is 0 Å². The van der Waals surface area contributed by atoms with Crippen molar-refractivity contribution in [1.29, 1.82) is 0 Å². The second kappa shape index (κ2) is 5.90. The van der Waals surface area contributed by atoms with Crippen LogP contribution >= 0.6 is 15.9 Å². The van der Waals surface area contributed by atoms with Crippen LogP contribution < -0.4 is 4.90 Å². The lowest BCUT2D eigenvalue weighted by atomic mass is 10.1. The zero-order chi connectivity index (χ0) is 17.8. The average molecular weight is 407 g/mol. The Labute approximate surface area is 155 Å². The first-order valence-electron chi connectivity index (χ1n) is 8.71. The number of carbonyl (C=O) groups is 1. The number of nitrogens with zero attached hydrogens (tertiary/aromatic N) is 4. The third-order valence-corrected chi connectivity index (χ3v) is 5.31. The molecule has 2 bridgehead atoms. The molecule has 1 unspecified atom stereocenters. The van der Waals surface area contributed by atoms with Crippen molar-refractivity contribution in [1.82, 2.24) is 14.5 Å². The molecule has 7 heteroatoms. The van der Waals surface area contributed by atoms with Crippen molar-refractivity contribution in [2.45, 2.75) is 51.3 Å². The number of amides is 1. The predicted octanol–water partition coefficient (Wildman–Crippen LogP) is 3.68. The van der Waals surface area contributed by atoms with E-state index in [9.17, 15) is 4.79 Å². The van der Waals surface area contributed by atoms with Gasteiger partial charge in [0.05, 0.1) is 23.3 Å². The second-order valence-corrected chi connectivity index (χ2v) is 8.80. The lowest BCUT2D eigenvalue weighted by Crippen LogP contribution is -2.56. The number of aromatic nitrogens is 2. The average Bonchev–Trinajstić information content (AvgIpc) is 3.01. The summed E-state index contributed by atoms with van der Waals surface area (Å²) in [6, 6.07) is 4.56. The van der Waals surface area contributed by atoms with E-state index in [0.717, 1.165) is 35.9 Å². The van der Waals surface area contributed by atoms with Gasteiger partial charge in [0.25, 0.3) is 0 Å². The summed E-state index contributed by atoms with van der Waals surface area (Å²) < 4.78 is 8.53. The number of rotatable bonds is 1. The van der Waals surface area contributed by atoms with Crippen LogP contribution in [0.2, 0.25) is 0 Å². The SMILES string of the molecule is CC(C)(C)OC(=O)N1C2CC[C@@H]1CN(c1ccnn3cc(Br)cc13)C2. The summed E-state index contributed by atoms with van der Waals surface area (Å²) in [6.45, 7) is 7.42. The molecule has 2 aliphatic rings. The van der Waals surface area contributed by atoms with Crippen LogP contribution in [0, 0.1) is 0 Å². The highest BCUT2D eigenvalue weighted by atomic mass is 79.9. The summed E-state index contributed by atoms with van der Waals surface area (Å²) in [6.07, 6.45) is 5.69. The molecule has 2 saturated heterocycles. The number of fused-ring (bicyclic) bond motifs is 3. The molecule has 0 spiro atoms. The van der Waals surface area contributed by atoms with Gasteiger partial charge in [-0.2, -0.15) is 5.10 Å². The number of hydrogen-bond donors (Lipinski definition) is 0. The smallest absolute Gasteiger partial charge is 0.410 e. The summed E-state index contributed by atoms with van der Waals surface area (Å²) in [7, 11) is 0. The first-order valence-corrected chi connectivity index (χ1v) is 9.50. The maximum Gasteiger partial charge on any atom is 0.410 e. The zero-order valence-electron chi connectivity index (χ0n) is 14.8. The largest absolute Gasteiger partial charge is 0.444 e. The van der Waals surface area contributed by atoms with Crippen molar-refractivity contribution in [2.24, 2.45) is 0 Å². The van der Waals surface area contributed by atoms with E-state index in [1.54, 1.807) is 0 Å². The van der Waals surface area contributed by atoms with Crippen molar-refractivity contribution in [3.05, 3.63) is 29.0 Å². The van der Waals surface area contributed by atoms with Crippen LogP contribution in [-0.2, 0) is 4.74 Å². The van der Waals surface area contributed by atoms with E-state index < -0.39 is 5.60 Å². The minimum atomic E-state index is -0.455. The second-order valence-electron chi connectivity index (χ2n) is 7.88. The molecule has 6 nitrogen and oxygen atoms in total. The van der Waals surface area contributed by atoms with Gasteiger partial charge in [-0.15, -0.1) is 0 Å². The summed E-state index contributed by atoms with van der Waals surface area (Å²) in [5.74, 6) is 0. The highest BCUT2D eigenvalue weighted by Crippen LogP contribution is 2.35. The quantitative estimate of drug-likeness (QED) is 0.724. The minimum Gasteiger partial charge on any atom is -0.444 e. The molecule has 1 amide bonds. The molecule has 0 radical (unpaired) electrons. The summed E-state index contributed by atoms with van der Waals surface area (Å²) in [5.41, 5.74) is 1.80. The van der Waals surface area contributed by atoms with E-state index in [1.807, 2.05) is 42.6 Å². The molecule has 2 aromatic rings. The third-order valence-electron chi connectivity index (χ3n) is 4.88. The number of carbonyl (C=O) groups excluding carboxylic acids is 1. The molecule has 0 aliphatic carbocycles. The fraction of sp³-hybridized carbons (Fsp3) is 0.556. The number of halogens is 1. The van der Waals surface area contributed by atoms with Crippen molar-refractivity contribution >= 4 is 33.2 Å². The monoisotopic (exact) mass is 406 g/mol. The summed E-state index contributed by atoms with van der Waals surface area (Å²) in [4.78, 5) is 16.9. The van der Waals surface area contributed by atoms with Gasteiger partial charge in [-0.25, -0.2) is 9.31 Å². The number of hydrogen-bond acceptors (Lipinski definition) is 4. The molecule has 4 rings (SSSR count). The molecular weight excluding hydrogens is 384 g/mol. The number of anilines is 1. The number of ether oxygens (including phenoxy) is 1. The Balaban J connectivity index is 1.58. The highest BCUT2D eigenvalue weighted by molar-refractivity contribution is 9.10. The highest BCUT2D eigenvalue weighted by Gasteiger charge is 2.44. The zero-order valence-corrected chi connectivity index (χ0v) is 16.4. The van der Waals surface area contributed by atoms with Crippen molar-refractivity contribution in [3.63, 3.8) is 0 Å². The first-order chi connectivity index (χ1) is 11.8. The van der Waals surface area contributed by atoms with E-state index in [4.69, 9.17) is 4.74 Å². The molecule has 0 saturated carbocycles. The molecule has 4 heterocycles. The summed E-state index contributed by atoms with van der Waals surface area (Å²) >= 11 is 3.53. The Kier molecular flexibility index (Phi) is 3.94. The van der Waals surface area contributed by atoms with Crippen LogP contribution in [0.15, 0.2) is 29.0 Å². The van der Waals surface area contributed by atoms with Gasteiger partial charge >= 0.3 is 6.09 Å². The van der Waals surface area contributed by atoms with E-state index in [2.05, 4.69) is 38.1 Å². The maximum absolute atomic E-state index is 12.6. The van der Waals surface area contributed by atoms with E-state index in [1.165, 1.54) is 5.69 Å². The fourth-order valence-corrected chi connectivity index (χ4v) is 4.36. The maximum atomic E-state index is 12.6. The van der Waals surface area contributed by atoms with Gasteiger partial charge in [-0.1, -0.05) is 0 Å². The van der Waals surface area contributed by atoms with Gasteiger partial charge in [-0.3, -0.25) is 4.90 Å².